The van der Waals surface area contributed by atoms with E-state index < -0.39 is 6.04 Å². The summed E-state index contributed by atoms with van der Waals surface area (Å²) in [5.41, 5.74) is 0. The predicted octanol–water partition coefficient (Wildman–Crippen LogP) is 4.68. The minimum atomic E-state index is -0.455. The SMILES string of the molecule is CCCCCCCCCCOC(=O)C1CCCN1C(=O)OCCC. The Morgan fingerprint density at radius 3 is 2.21 bits per heavy atom. The van der Waals surface area contributed by atoms with Crippen molar-refractivity contribution in [1.29, 1.82) is 0 Å². The molecule has 0 radical (unpaired) electrons. The van der Waals surface area contributed by atoms with Gasteiger partial charge in [-0.15, -0.1) is 0 Å². The van der Waals surface area contributed by atoms with Crippen LogP contribution < -0.4 is 0 Å². The summed E-state index contributed by atoms with van der Waals surface area (Å²) >= 11 is 0. The number of likely N-dealkylation sites (tertiary alicyclic amines) is 1. The van der Waals surface area contributed by atoms with E-state index in [-0.39, 0.29) is 12.1 Å². The monoisotopic (exact) mass is 341 g/mol. The molecule has 5 heteroatoms. The summed E-state index contributed by atoms with van der Waals surface area (Å²) in [6, 6.07) is -0.455. The van der Waals surface area contributed by atoms with Crippen molar-refractivity contribution in [3.05, 3.63) is 0 Å². The van der Waals surface area contributed by atoms with E-state index in [2.05, 4.69) is 6.92 Å². The Bertz CT molecular complexity index is 359. The molecule has 1 atom stereocenters. The fraction of sp³-hybridized carbons (Fsp3) is 0.895. The number of hydrogen-bond acceptors (Lipinski definition) is 4. The third-order valence-electron chi connectivity index (χ3n) is 4.43. The maximum atomic E-state index is 12.2. The minimum Gasteiger partial charge on any atom is -0.464 e. The van der Waals surface area contributed by atoms with Crippen molar-refractivity contribution in [2.75, 3.05) is 19.8 Å². The number of rotatable bonds is 12. The zero-order valence-electron chi connectivity index (χ0n) is 15.6. The van der Waals surface area contributed by atoms with E-state index in [1.807, 2.05) is 6.92 Å². The van der Waals surface area contributed by atoms with Crippen molar-refractivity contribution >= 4 is 12.1 Å². The zero-order chi connectivity index (χ0) is 17.6. The Balaban J connectivity index is 2.12. The summed E-state index contributed by atoms with van der Waals surface area (Å²) in [6.45, 7) is 5.62. The molecule has 140 valence electrons. The summed E-state index contributed by atoms with van der Waals surface area (Å²) in [5.74, 6) is -0.274. The van der Waals surface area contributed by atoms with Crippen molar-refractivity contribution in [3.8, 4) is 0 Å². The summed E-state index contributed by atoms with van der Waals surface area (Å²) in [4.78, 5) is 25.6. The molecule has 1 heterocycles. The van der Waals surface area contributed by atoms with E-state index in [9.17, 15) is 9.59 Å². The molecule has 1 fully saturated rings. The Hall–Kier alpha value is -1.26. The first-order valence-corrected chi connectivity index (χ1v) is 9.80. The molecule has 0 spiro atoms. The van der Waals surface area contributed by atoms with E-state index in [1.54, 1.807) is 0 Å². The van der Waals surface area contributed by atoms with Crippen molar-refractivity contribution in [1.82, 2.24) is 4.90 Å². The van der Waals surface area contributed by atoms with Crippen LogP contribution in [0.1, 0.15) is 84.5 Å². The second-order valence-corrected chi connectivity index (χ2v) is 6.61. The highest BCUT2D eigenvalue weighted by Crippen LogP contribution is 2.20. The van der Waals surface area contributed by atoms with Crippen LogP contribution in [0.3, 0.4) is 0 Å². The van der Waals surface area contributed by atoms with E-state index in [1.165, 1.54) is 43.4 Å². The van der Waals surface area contributed by atoms with E-state index in [0.717, 1.165) is 25.7 Å². The molecule has 1 amide bonds. The van der Waals surface area contributed by atoms with Gasteiger partial charge in [0, 0.05) is 6.54 Å². The second-order valence-electron chi connectivity index (χ2n) is 6.61. The Morgan fingerprint density at radius 2 is 1.54 bits per heavy atom. The van der Waals surface area contributed by atoms with Gasteiger partial charge in [0.1, 0.15) is 6.04 Å². The van der Waals surface area contributed by atoms with E-state index in [0.29, 0.717) is 26.2 Å². The van der Waals surface area contributed by atoms with Gasteiger partial charge >= 0.3 is 12.1 Å². The summed E-state index contributed by atoms with van der Waals surface area (Å²) in [5, 5.41) is 0. The largest absolute Gasteiger partial charge is 0.464 e. The molecule has 1 unspecified atom stereocenters. The van der Waals surface area contributed by atoms with Gasteiger partial charge in [-0.25, -0.2) is 9.59 Å². The van der Waals surface area contributed by atoms with Crippen LogP contribution in [0.25, 0.3) is 0 Å². The van der Waals surface area contributed by atoms with Crippen LogP contribution in [0.2, 0.25) is 0 Å². The molecule has 24 heavy (non-hydrogen) atoms. The Morgan fingerprint density at radius 1 is 0.875 bits per heavy atom. The first-order valence-electron chi connectivity index (χ1n) is 9.80. The maximum absolute atomic E-state index is 12.2. The smallest absolute Gasteiger partial charge is 0.410 e. The van der Waals surface area contributed by atoms with E-state index in [4.69, 9.17) is 9.47 Å². The number of esters is 1. The van der Waals surface area contributed by atoms with Crippen molar-refractivity contribution in [2.24, 2.45) is 0 Å². The standard InChI is InChI=1S/C19H35NO4/c1-3-5-6-7-8-9-10-11-16-23-18(21)17-13-12-14-20(17)19(22)24-15-4-2/h17H,3-16H2,1-2H3. The molecule has 0 aromatic rings. The number of ether oxygens (including phenoxy) is 2. The molecule has 1 rings (SSSR count). The normalized spacial score (nSPS) is 17.1. The molecular weight excluding hydrogens is 306 g/mol. The highest BCUT2D eigenvalue weighted by molar-refractivity contribution is 5.82. The molecule has 1 aliphatic rings. The summed E-state index contributed by atoms with van der Waals surface area (Å²) in [7, 11) is 0. The molecular formula is C19H35NO4. The number of nitrogens with zero attached hydrogens (tertiary/aromatic N) is 1. The fourth-order valence-corrected chi connectivity index (χ4v) is 3.01. The predicted molar refractivity (Wildman–Crippen MR) is 94.9 cm³/mol. The number of unbranched alkanes of at least 4 members (excludes halogenated alkanes) is 7. The van der Waals surface area contributed by atoms with Gasteiger partial charge in [-0.1, -0.05) is 58.8 Å². The molecule has 0 N–H and O–H groups in total. The molecule has 0 saturated carbocycles. The second kappa shape index (κ2) is 13.1. The molecule has 0 aliphatic carbocycles. The highest BCUT2D eigenvalue weighted by Gasteiger charge is 2.36. The molecule has 0 aromatic heterocycles. The first kappa shape index (κ1) is 20.8. The van der Waals surface area contributed by atoms with Gasteiger partial charge in [-0.2, -0.15) is 0 Å². The van der Waals surface area contributed by atoms with Gasteiger partial charge in [0.2, 0.25) is 0 Å². The maximum Gasteiger partial charge on any atom is 0.410 e. The highest BCUT2D eigenvalue weighted by atomic mass is 16.6. The molecule has 0 aromatic carbocycles. The lowest BCUT2D eigenvalue weighted by Gasteiger charge is -2.22. The zero-order valence-corrected chi connectivity index (χ0v) is 15.6. The Kier molecular flexibility index (Phi) is 11.3. The molecule has 1 saturated heterocycles. The van der Waals surface area contributed by atoms with Gasteiger partial charge in [0.15, 0.2) is 0 Å². The van der Waals surface area contributed by atoms with Crippen molar-refractivity contribution in [3.63, 3.8) is 0 Å². The van der Waals surface area contributed by atoms with Crippen molar-refractivity contribution in [2.45, 2.75) is 90.5 Å². The average molecular weight is 341 g/mol. The lowest BCUT2D eigenvalue weighted by atomic mass is 10.1. The van der Waals surface area contributed by atoms with Crippen LogP contribution in [-0.2, 0) is 14.3 Å². The number of hydrogen-bond donors (Lipinski definition) is 0. The molecule has 1 aliphatic heterocycles. The van der Waals surface area contributed by atoms with Crippen LogP contribution >= 0.6 is 0 Å². The van der Waals surface area contributed by atoms with Crippen LogP contribution in [-0.4, -0.2) is 42.8 Å². The van der Waals surface area contributed by atoms with E-state index >= 15 is 0 Å². The summed E-state index contributed by atoms with van der Waals surface area (Å²) < 4.78 is 10.5. The lowest BCUT2D eigenvalue weighted by Crippen LogP contribution is -2.41. The van der Waals surface area contributed by atoms with Gasteiger partial charge in [-0.3, -0.25) is 4.90 Å². The van der Waals surface area contributed by atoms with Crippen LogP contribution in [0.5, 0.6) is 0 Å². The van der Waals surface area contributed by atoms with Crippen LogP contribution in [0, 0.1) is 0 Å². The third-order valence-corrected chi connectivity index (χ3v) is 4.43. The first-order chi connectivity index (χ1) is 11.7. The van der Waals surface area contributed by atoms with Crippen LogP contribution in [0.15, 0.2) is 0 Å². The minimum absolute atomic E-state index is 0.274. The van der Waals surface area contributed by atoms with Gasteiger partial charge in [0.05, 0.1) is 13.2 Å². The topological polar surface area (TPSA) is 55.8 Å². The molecule has 0 bridgehead atoms. The van der Waals surface area contributed by atoms with Gasteiger partial charge in [0.25, 0.3) is 0 Å². The average Bonchev–Trinajstić information content (AvgIpc) is 3.08. The third kappa shape index (κ3) is 8.02. The van der Waals surface area contributed by atoms with Gasteiger partial charge < -0.3 is 9.47 Å². The Labute approximate surface area is 147 Å². The van der Waals surface area contributed by atoms with Crippen LogP contribution in [0.4, 0.5) is 4.79 Å². The van der Waals surface area contributed by atoms with Crippen molar-refractivity contribution < 1.29 is 19.1 Å². The van der Waals surface area contributed by atoms with Gasteiger partial charge in [-0.05, 0) is 25.7 Å². The number of carbonyl (C=O) groups excluding carboxylic acids is 2. The lowest BCUT2D eigenvalue weighted by molar-refractivity contribution is -0.148. The summed E-state index contributed by atoms with van der Waals surface area (Å²) in [6.07, 6.45) is 11.6. The number of amides is 1. The molecule has 5 nitrogen and oxygen atoms in total. The number of carbonyl (C=O) groups is 2. The fourth-order valence-electron chi connectivity index (χ4n) is 3.01. The quantitative estimate of drug-likeness (QED) is 0.382.